The first kappa shape index (κ1) is 19.9. The molecule has 146 valence electrons. The first-order valence-electron chi connectivity index (χ1n) is 9.07. The van der Waals surface area contributed by atoms with Gasteiger partial charge >= 0.3 is 0 Å². The Morgan fingerprint density at radius 3 is 2.39 bits per heavy atom. The van der Waals surface area contributed by atoms with Gasteiger partial charge in [-0.3, -0.25) is 4.99 Å². The summed E-state index contributed by atoms with van der Waals surface area (Å²) in [7, 11) is 5.08. The van der Waals surface area contributed by atoms with E-state index in [0.29, 0.717) is 5.92 Å². The lowest BCUT2D eigenvalue weighted by molar-refractivity contribution is 0.404. The maximum atomic E-state index is 5.55. The van der Waals surface area contributed by atoms with Gasteiger partial charge in [0.25, 0.3) is 0 Å². The molecule has 0 atom stereocenters. The Kier molecular flexibility index (Phi) is 6.31. The zero-order valence-electron chi connectivity index (χ0n) is 16.8. The van der Waals surface area contributed by atoms with Gasteiger partial charge in [-0.25, -0.2) is 4.68 Å². The van der Waals surface area contributed by atoms with Crippen molar-refractivity contribution in [2.45, 2.75) is 19.8 Å². The molecule has 0 bridgehead atoms. The number of hydrogen-bond donors (Lipinski definition) is 0. The van der Waals surface area contributed by atoms with Gasteiger partial charge in [0.05, 0.1) is 26.1 Å². The highest BCUT2D eigenvalue weighted by Crippen LogP contribution is 2.33. The minimum absolute atomic E-state index is 0.509. The number of hydrogen-bond acceptors (Lipinski definition) is 5. The van der Waals surface area contributed by atoms with Crippen LogP contribution >= 0.6 is 11.3 Å². The molecule has 0 spiro atoms. The molecular weight excluding hydrogens is 370 g/mol. The van der Waals surface area contributed by atoms with Gasteiger partial charge in [0.2, 0.25) is 4.80 Å². The van der Waals surface area contributed by atoms with Crippen LogP contribution in [0.5, 0.6) is 11.5 Å². The van der Waals surface area contributed by atoms with E-state index in [1.165, 1.54) is 16.9 Å². The second-order valence-electron chi connectivity index (χ2n) is 6.57. The van der Waals surface area contributed by atoms with Gasteiger partial charge in [0, 0.05) is 18.0 Å². The topological polar surface area (TPSA) is 48.1 Å². The number of aromatic nitrogens is 1. The van der Waals surface area contributed by atoms with Crippen LogP contribution in [-0.2, 0) is 0 Å². The van der Waals surface area contributed by atoms with Crippen LogP contribution in [-0.4, -0.2) is 32.2 Å². The highest BCUT2D eigenvalue weighted by Gasteiger charge is 2.13. The Balaban J connectivity index is 2.04. The molecule has 1 aromatic heterocycles. The second-order valence-corrected chi connectivity index (χ2v) is 7.41. The number of benzene rings is 2. The molecule has 0 saturated heterocycles. The lowest BCUT2D eigenvalue weighted by atomic mass is 10.0. The minimum atomic E-state index is 0.509. The summed E-state index contributed by atoms with van der Waals surface area (Å²) in [6.07, 6.45) is 1.85. The van der Waals surface area contributed by atoms with Crippen LogP contribution in [0.3, 0.4) is 0 Å². The van der Waals surface area contributed by atoms with Crippen LogP contribution in [0.2, 0.25) is 0 Å². The number of rotatable bonds is 6. The largest absolute Gasteiger partial charge is 0.497 e. The molecular formula is C22H25N3O2S. The van der Waals surface area contributed by atoms with Crippen molar-refractivity contribution in [1.82, 2.24) is 4.68 Å². The van der Waals surface area contributed by atoms with E-state index in [1.807, 2.05) is 34.5 Å². The summed E-state index contributed by atoms with van der Waals surface area (Å²) in [6, 6.07) is 14.2. The zero-order valence-corrected chi connectivity index (χ0v) is 17.7. The van der Waals surface area contributed by atoms with Crippen molar-refractivity contribution in [3.05, 3.63) is 63.8 Å². The normalized spacial score (nSPS) is 12.1. The molecule has 2 aromatic carbocycles. The van der Waals surface area contributed by atoms with E-state index >= 15 is 0 Å². The van der Waals surface area contributed by atoms with Gasteiger partial charge < -0.3 is 9.47 Å². The van der Waals surface area contributed by atoms with Crippen LogP contribution in [0.15, 0.2) is 57.9 Å². The zero-order chi connectivity index (χ0) is 20.1. The van der Waals surface area contributed by atoms with Gasteiger partial charge in [0.15, 0.2) is 0 Å². The predicted octanol–water partition coefficient (Wildman–Crippen LogP) is 4.77. The monoisotopic (exact) mass is 395 g/mol. The minimum Gasteiger partial charge on any atom is -0.497 e. The molecule has 28 heavy (non-hydrogen) atoms. The van der Waals surface area contributed by atoms with Gasteiger partial charge in [-0.15, -0.1) is 11.3 Å². The second kappa shape index (κ2) is 8.89. The van der Waals surface area contributed by atoms with E-state index in [0.717, 1.165) is 33.1 Å². The molecule has 0 N–H and O–H groups in total. The van der Waals surface area contributed by atoms with Crippen LogP contribution in [0.1, 0.15) is 30.9 Å². The van der Waals surface area contributed by atoms with E-state index in [2.05, 4.69) is 43.1 Å². The van der Waals surface area contributed by atoms with Gasteiger partial charge in [-0.05, 0) is 35.2 Å². The Morgan fingerprint density at radius 2 is 1.79 bits per heavy atom. The summed E-state index contributed by atoms with van der Waals surface area (Å²) in [5.74, 6) is 2.03. The van der Waals surface area contributed by atoms with Crippen molar-refractivity contribution in [1.29, 1.82) is 0 Å². The van der Waals surface area contributed by atoms with E-state index in [-0.39, 0.29) is 0 Å². The molecule has 0 aliphatic rings. The molecule has 0 saturated carbocycles. The lowest BCUT2D eigenvalue weighted by Gasteiger charge is -2.11. The van der Waals surface area contributed by atoms with Gasteiger partial charge in [0.1, 0.15) is 11.5 Å². The van der Waals surface area contributed by atoms with E-state index in [9.17, 15) is 0 Å². The summed E-state index contributed by atoms with van der Waals surface area (Å²) in [6.45, 7) is 4.38. The van der Waals surface area contributed by atoms with Gasteiger partial charge in [-0.2, -0.15) is 5.10 Å². The summed E-state index contributed by atoms with van der Waals surface area (Å²) in [5, 5.41) is 6.73. The maximum Gasteiger partial charge on any atom is 0.205 e. The third-order valence-electron chi connectivity index (χ3n) is 4.48. The molecule has 3 aromatic rings. The van der Waals surface area contributed by atoms with Crippen LogP contribution in [0, 0.1) is 0 Å². The molecule has 6 heteroatoms. The average molecular weight is 396 g/mol. The Morgan fingerprint density at radius 1 is 1.04 bits per heavy atom. The molecule has 0 aliphatic heterocycles. The summed E-state index contributed by atoms with van der Waals surface area (Å²) < 4.78 is 12.8. The number of methoxy groups -OCH3 is 2. The molecule has 0 aliphatic carbocycles. The van der Waals surface area contributed by atoms with E-state index < -0.39 is 0 Å². The number of ether oxygens (including phenoxy) is 2. The maximum absolute atomic E-state index is 5.55. The predicted molar refractivity (Wildman–Crippen MR) is 116 cm³/mol. The Hall–Kier alpha value is -2.86. The van der Waals surface area contributed by atoms with Crippen molar-refractivity contribution >= 4 is 17.6 Å². The van der Waals surface area contributed by atoms with Crippen molar-refractivity contribution in [3.8, 4) is 22.8 Å². The lowest BCUT2D eigenvalue weighted by Crippen LogP contribution is -2.11. The Labute approximate surface area is 169 Å². The smallest absolute Gasteiger partial charge is 0.205 e. The summed E-state index contributed by atoms with van der Waals surface area (Å²) in [5.41, 5.74) is 4.15. The van der Waals surface area contributed by atoms with Crippen molar-refractivity contribution in [2.24, 2.45) is 10.1 Å². The van der Waals surface area contributed by atoms with Crippen molar-refractivity contribution in [3.63, 3.8) is 0 Å². The molecule has 3 rings (SSSR count). The fourth-order valence-electron chi connectivity index (χ4n) is 2.85. The molecule has 0 amide bonds. The molecule has 0 fully saturated rings. The molecule has 5 nitrogen and oxygen atoms in total. The van der Waals surface area contributed by atoms with Gasteiger partial charge in [-0.1, -0.05) is 38.1 Å². The molecule has 1 heterocycles. The summed E-state index contributed by atoms with van der Waals surface area (Å²) >= 11 is 1.53. The van der Waals surface area contributed by atoms with Crippen molar-refractivity contribution < 1.29 is 9.47 Å². The third-order valence-corrected chi connectivity index (χ3v) is 5.39. The molecule has 0 radical (unpaired) electrons. The summed E-state index contributed by atoms with van der Waals surface area (Å²) in [4.78, 5) is 5.16. The number of thiazole rings is 1. The SMILES string of the molecule is CN=c1scc(-c2cc(OC)ccc2OC)n1N=Cc1ccc(C(C)C)cc1. The quantitative estimate of drug-likeness (QED) is 0.565. The fourth-order valence-corrected chi connectivity index (χ4v) is 3.65. The first-order chi connectivity index (χ1) is 13.6. The standard InChI is InChI=1S/C22H25N3O2S/c1-15(2)17-8-6-16(7-9-17)13-24-25-20(14-28-22(25)23-3)19-12-18(26-4)10-11-21(19)27-5/h6-15H,1-5H3. The first-order valence-corrected chi connectivity index (χ1v) is 9.95. The number of nitrogens with zero attached hydrogens (tertiary/aromatic N) is 3. The fraction of sp³-hybridized carbons (Fsp3) is 0.273. The van der Waals surface area contributed by atoms with Crippen LogP contribution in [0.4, 0.5) is 0 Å². The van der Waals surface area contributed by atoms with Crippen molar-refractivity contribution in [2.75, 3.05) is 21.3 Å². The average Bonchev–Trinajstić information content (AvgIpc) is 3.14. The van der Waals surface area contributed by atoms with E-state index in [4.69, 9.17) is 14.6 Å². The highest BCUT2D eigenvalue weighted by atomic mass is 32.1. The molecule has 0 unspecified atom stereocenters. The van der Waals surface area contributed by atoms with Crippen LogP contribution in [0.25, 0.3) is 11.3 Å². The Bertz CT molecular complexity index is 1030. The third kappa shape index (κ3) is 4.17. The van der Waals surface area contributed by atoms with Crippen LogP contribution < -0.4 is 14.3 Å². The van der Waals surface area contributed by atoms with E-state index in [1.54, 1.807) is 21.3 Å². The highest BCUT2D eigenvalue weighted by molar-refractivity contribution is 7.07.